The van der Waals surface area contributed by atoms with Crippen LogP contribution in [0.4, 0.5) is 0 Å². The molecule has 4 heteroatoms. The number of likely N-dealkylation sites (N-methyl/N-ethyl adjacent to an activating group) is 1. The Kier molecular flexibility index (Phi) is 20.4. The van der Waals surface area contributed by atoms with Gasteiger partial charge in [-0.2, -0.15) is 0 Å². The Morgan fingerprint density at radius 2 is 1.00 bits per heavy atom. The first-order chi connectivity index (χ1) is 10.6. The molecule has 23 heavy (non-hydrogen) atoms. The van der Waals surface area contributed by atoms with Crippen LogP contribution in [-0.2, 0) is 9.47 Å². The normalized spacial score (nSPS) is 11.5. The molecular formula is C19H42ClNO2. The lowest BCUT2D eigenvalue weighted by Gasteiger charge is -2.23. The van der Waals surface area contributed by atoms with Gasteiger partial charge in [0.2, 0.25) is 0 Å². The molecular weight excluding hydrogens is 310 g/mol. The van der Waals surface area contributed by atoms with Gasteiger partial charge in [0.25, 0.3) is 0 Å². The topological polar surface area (TPSA) is 18.5 Å². The molecule has 0 saturated heterocycles. The minimum atomic E-state index is 0. The SMILES string of the molecule is CCCCCCCCCCCCOCCOCC[N+](C)(C)C.[Cl-]. The third-order valence-corrected chi connectivity index (χ3v) is 3.92. The maximum atomic E-state index is 5.61. The van der Waals surface area contributed by atoms with Gasteiger partial charge in [0.15, 0.2) is 0 Å². The number of quaternary nitrogens is 1. The predicted molar refractivity (Wildman–Crippen MR) is 96.4 cm³/mol. The van der Waals surface area contributed by atoms with Gasteiger partial charge < -0.3 is 26.4 Å². The summed E-state index contributed by atoms with van der Waals surface area (Å²) in [6.45, 7) is 6.53. The van der Waals surface area contributed by atoms with Crippen molar-refractivity contribution in [3.05, 3.63) is 0 Å². The van der Waals surface area contributed by atoms with Crippen LogP contribution in [0.3, 0.4) is 0 Å². The monoisotopic (exact) mass is 351 g/mol. The Balaban J connectivity index is 0. The van der Waals surface area contributed by atoms with E-state index in [4.69, 9.17) is 9.47 Å². The van der Waals surface area contributed by atoms with Crippen LogP contribution >= 0.6 is 0 Å². The zero-order chi connectivity index (χ0) is 16.5. The summed E-state index contributed by atoms with van der Waals surface area (Å²) in [5.74, 6) is 0. The van der Waals surface area contributed by atoms with Crippen molar-refractivity contribution >= 4 is 0 Å². The van der Waals surface area contributed by atoms with E-state index in [9.17, 15) is 0 Å². The lowest BCUT2D eigenvalue weighted by atomic mass is 10.1. The summed E-state index contributed by atoms with van der Waals surface area (Å²) >= 11 is 0. The molecule has 0 atom stereocenters. The maximum absolute atomic E-state index is 5.61. The standard InChI is InChI=1S/C19H42NO2.ClH/c1-5-6-7-8-9-10-11-12-13-14-16-21-18-19-22-17-15-20(2,3)4;/h5-19H2,1-4H3;1H/q+1;/p-1. The van der Waals surface area contributed by atoms with Gasteiger partial charge in [0.05, 0.1) is 41.0 Å². The summed E-state index contributed by atoms with van der Waals surface area (Å²) in [5.41, 5.74) is 0. The fourth-order valence-corrected chi connectivity index (χ4v) is 2.35. The highest BCUT2D eigenvalue weighted by Gasteiger charge is 2.05. The molecule has 0 heterocycles. The fraction of sp³-hybridized carbons (Fsp3) is 1.00. The van der Waals surface area contributed by atoms with Crippen LogP contribution in [0.25, 0.3) is 0 Å². The average Bonchev–Trinajstić information content (AvgIpc) is 2.45. The first-order valence-electron chi connectivity index (χ1n) is 9.52. The molecule has 0 aliphatic carbocycles. The Morgan fingerprint density at radius 3 is 1.48 bits per heavy atom. The van der Waals surface area contributed by atoms with Crippen molar-refractivity contribution in [2.24, 2.45) is 0 Å². The largest absolute Gasteiger partial charge is 1.00 e. The third-order valence-electron chi connectivity index (χ3n) is 3.92. The van der Waals surface area contributed by atoms with Crippen molar-refractivity contribution in [2.45, 2.75) is 71.1 Å². The van der Waals surface area contributed by atoms with E-state index >= 15 is 0 Å². The molecule has 0 unspecified atom stereocenters. The van der Waals surface area contributed by atoms with Gasteiger partial charge in [-0.15, -0.1) is 0 Å². The summed E-state index contributed by atoms with van der Waals surface area (Å²) in [6, 6.07) is 0. The van der Waals surface area contributed by atoms with E-state index in [1.54, 1.807) is 0 Å². The molecule has 0 spiro atoms. The number of nitrogens with zero attached hydrogens (tertiary/aromatic N) is 1. The molecule has 0 radical (unpaired) electrons. The Labute approximate surface area is 152 Å². The molecule has 0 amide bonds. The molecule has 142 valence electrons. The van der Waals surface area contributed by atoms with Crippen molar-refractivity contribution in [1.82, 2.24) is 0 Å². The van der Waals surface area contributed by atoms with Gasteiger partial charge in [-0.05, 0) is 6.42 Å². The Hall–Kier alpha value is 0.170. The lowest BCUT2D eigenvalue weighted by molar-refractivity contribution is -0.870. The molecule has 0 fully saturated rings. The third kappa shape index (κ3) is 24.5. The zero-order valence-corrected chi connectivity index (χ0v) is 17.0. The fourth-order valence-electron chi connectivity index (χ4n) is 2.35. The maximum Gasteiger partial charge on any atom is 0.102 e. The van der Waals surface area contributed by atoms with E-state index in [2.05, 4.69) is 28.1 Å². The molecule has 0 aromatic rings. The second kappa shape index (κ2) is 18.5. The van der Waals surface area contributed by atoms with Gasteiger partial charge in [0.1, 0.15) is 6.54 Å². The van der Waals surface area contributed by atoms with Gasteiger partial charge in [-0.1, -0.05) is 64.7 Å². The van der Waals surface area contributed by atoms with Crippen LogP contribution in [0.15, 0.2) is 0 Å². The lowest BCUT2D eigenvalue weighted by Crippen LogP contribution is -3.00. The highest BCUT2D eigenvalue weighted by atomic mass is 35.5. The molecule has 0 rings (SSSR count). The second-order valence-electron chi connectivity index (χ2n) is 7.42. The average molecular weight is 352 g/mol. The Bertz CT molecular complexity index is 220. The molecule has 3 nitrogen and oxygen atoms in total. The molecule has 0 N–H and O–H groups in total. The molecule has 0 bridgehead atoms. The van der Waals surface area contributed by atoms with Crippen LogP contribution in [0, 0.1) is 0 Å². The van der Waals surface area contributed by atoms with Gasteiger partial charge in [-0.3, -0.25) is 0 Å². The smallest absolute Gasteiger partial charge is 0.102 e. The molecule has 0 saturated carbocycles. The van der Waals surface area contributed by atoms with E-state index in [0.717, 1.165) is 37.5 Å². The minimum absolute atomic E-state index is 0. The highest BCUT2D eigenvalue weighted by molar-refractivity contribution is 4.47. The highest BCUT2D eigenvalue weighted by Crippen LogP contribution is 2.10. The number of unbranched alkanes of at least 4 members (excludes halogenated alkanes) is 9. The summed E-state index contributed by atoms with van der Waals surface area (Å²) < 4.78 is 12.1. The number of hydrogen-bond acceptors (Lipinski definition) is 2. The van der Waals surface area contributed by atoms with Crippen molar-refractivity contribution in [1.29, 1.82) is 0 Å². The van der Waals surface area contributed by atoms with Crippen LogP contribution in [-0.4, -0.2) is 58.6 Å². The van der Waals surface area contributed by atoms with Crippen molar-refractivity contribution in [3.8, 4) is 0 Å². The van der Waals surface area contributed by atoms with E-state index in [1.807, 2.05) is 0 Å². The van der Waals surface area contributed by atoms with Crippen LogP contribution < -0.4 is 12.4 Å². The number of halogens is 1. The van der Waals surface area contributed by atoms with Gasteiger partial charge in [0, 0.05) is 6.61 Å². The summed E-state index contributed by atoms with van der Waals surface area (Å²) in [6.07, 6.45) is 13.8. The molecule has 0 aromatic carbocycles. The second-order valence-corrected chi connectivity index (χ2v) is 7.42. The number of hydrogen-bond donors (Lipinski definition) is 0. The number of ether oxygens (including phenoxy) is 2. The van der Waals surface area contributed by atoms with Crippen LogP contribution in [0.5, 0.6) is 0 Å². The summed E-state index contributed by atoms with van der Waals surface area (Å²) in [4.78, 5) is 0. The van der Waals surface area contributed by atoms with Crippen LogP contribution in [0.2, 0.25) is 0 Å². The van der Waals surface area contributed by atoms with Gasteiger partial charge in [-0.25, -0.2) is 0 Å². The van der Waals surface area contributed by atoms with E-state index in [-0.39, 0.29) is 12.4 Å². The van der Waals surface area contributed by atoms with E-state index in [1.165, 1.54) is 64.2 Å². The molecule has 0 aliphatic heterocycles. The first-order valence-corrected chi connectivity index (χ1v) is 9.52. The Morgan fingerprint density at radius 1 is 0.565 bits per heavy atom. The summed E-state index contributed by atoms with van der Waals surface area (Å²) in [7, 11) is 6.56. The van der Waals surface area contributed by atoms with Crippen molar-refractivity contribution in [2.75, 3.05) is 54.1 Å². The molecule has 0 aromatic heterocycles. The van der Waals surface area contributed by atoms with E-state index in [0.29, 0.717) is 0 Å². The van der Waals surface area contributed by atoms with Crippen molar-refractivity contribution < 1.29 is 26.4 Å². The van der Waals surface area contributed by atoms with Crippen LogP contribution in [0.1, 0.15) is 71.1 Å². The van der Waals surface area contributed by atoms with E-state index < -0.39 is 0 Å². The first kappa shape index (κ1) is 25.4. The quantitative estimate of drug-likeness (QED) is 0.293. The minimum Gasteiger partial charge on any atom is -1.00 e. The summed E-state index contributed by atoms with van der Waals surface area (Å²) in [5, 5.41) is 0. The number of rotatable bonds is 17. The zero-order valence-electron chi connectivity index (χ0n) is 16.2. The molecule has 0 aliphatic rings. The predicted octanol–water partition coefficient (Wildman–Crippen LogP) is 1.65. The van der Waals surface area contributed by atoms with Crippen molar-refractivity contribution in [3.63, 3.8) is 0 Å². The van der Waals surface area contributed by atoms with Gasteiger partial charge >= 0.3 is 0 Å².